The molecule has 24 heavy (non-hydrogen) atoms. The van der Waals surface area contributed by atoms with Gasteiger partial charge in [-0.1, -0.05) is 0 Å². The maximum absolute atomic E-state index is 12.9. The van der Waals surface area contributed by atoms with E-state index in [1.807, 2.05) is 0 Å². The maximum Gasteiger partial charge on any atom is 0.244 e. The highest BCUT2D eigenvalue weighted by molar-refractivity contribution is 7.80. The molecule has 4 aliphatic rings. The summed E-state index contributed by atoms with van der Waals surface area (Å²) >= 11 is 5.20. The van der Waals surface area contributed by atoms with E-state index in [-0.39, 0.29) is 17.1 Å². The maximum atomic E-state index is 12.9. The number of hydrazine groups is 1. The number of anilines is 1. The molecule has 0 unspecified atom stereocenters. The van der Waals surface area contributed by atoms with Crippen LogP contribution in [0.3, 0.4) is 0 Å². The van der Waals surface area contributed by atoms with Crippen molar-refractivity contribution in [2.45, 2.75) is 38.5 Å². The second-order valence-corrected chi connectivity index (χ2v) is 8.15. The van der Waals surface area contributed by atoms with Crippen molar-refractivity contribution in [1.29, 1.82) is 0 Å². The summed E-state index contributed by atoms with van der Waals surface area (Å²) in [6.07, 6.45) is 6.99. The number of carbonyl (C=O) groups is 1. The lowest BCUT2D eigenvalue weighted by Gasteiger charge is -2.55. The van der Waals surface area contributed by atoms with Crippen LogP contribution in [0.5, 0.6) is 0 Å². The van der Waals surface area contributed by atoms with Crippen molar-refractivity contribution >= 4 is 28.9 Å². The van der Waals surface area contributed by atoms with Crippen molar-refractivity contribution in [3.63, 3.8) is 0 Å². The minimum atomic E-state index is -0.297. The van der Waals surface area contributed by atoms with Gasteiger partial charge in [0.05, 0.1) is 5.41 Å². The number of hydrogen-bond acceptors (Lipinski definition) is 2. The number of carbonyl (C=O) groups excluding carboxylic acids is 1. The van der Waals surface area contributed by atoms with Crippen LogP contribution in [0, 0.1) is 29.0 Å². The van der Waals surface area contributed by atoms with Crippen LogP contribution in [0.4, 0.5) is 10.1 Å². The van der Waals surface area contributed by atoms with E-state index in [9.17, 15) is 9.18 Å². The highest BCUT2D eigenvalue weighted by Gasteiger charge is 2.54. The Bertz CT molecular complexity index is 625. The van der Waals surface area contributed by atoms with Crippen molar-refractivity contribution in [2.75, 3.05) is 5.32 Å². The van der Waals surface area contributed by atoms with Gasteiger partial charge in [-0.2, -0.15) is 0 Å². The van der Waals surface area contributed by atoms with E-state index < -0.39 is 0 Å². The zero-order valence-corrected chi connectivity index (χ0v) is 14.3. The van der Waals surface area contributed by atoms with Crippen molar-refractivity contribution in [2.24, 2.45) is 23.2 Å². The Morgan fingerprint density at radius 3 is 2.08 bits per heavy atom. The Labute approximate surface area is 146 Å². The van der Waals surface area contributed by atoms with Crippen LogP contribution in [0.2, 0.25) is 0 Å². The zero-order valence-electron chi connectivity index (χ0n) is 13.5. The first-order valence-electron chi connectivity index (χ1n) is 8.65. The van der Waals surface area contributed by atoms with Crippen LogP contribution in [0.15, 0.2) is 24.3 Å². The molecule has 3 N–H and O–H groups in total. The van der Waals surface area contributed by atoms with E-state index in [0.717, 1.165) is 37.0 Å². The Morgan fingerprint density at radius 2 is 1.54 bits per heavy atom. The Hall–Kier alpha value is -1.69. The van der Waals surface area contributed by atoms with Gasteiger partial charge in [0.15, 0.2) is 5.11 Å². The molecule has 0 aromatic heterocycles. The third kappa shape index (κ3) is 2.99. The van der Waals surface area contributed by atoms with Gasteiger partial charge >= 0.3 is 0 Å². The van der Waals surface area contributed by atoms with Crippen LogP contribution in [0.1, 0.15) is 38.5 Å². The number of amides is 1. The normalized spacial score (nSPS) is 33.1. The summed E-state index contributed by atoms with van der Waals surface area (Å²) in [5, 5.41) is 3.24. The van der Waals surface area contributed by atoms with Crippen LogP contribution >= 0.6 is 12.2 Å². The molecule has 4 saturated carbocycles. The Morgan fingerprint density at radius 1 is 1.00 bits per heavy atom. The van der Waals surface area contributed by atoms with Gasteiger partial charge in [-0.25, -0.2) is 4.39 Å². The molecule has 4 nitrogen and oxygen atoms in total. The lowest BCUT2D eigenvalue weighted by molar-refractivity contribution is -0.146. The topological polar surface area (TPSA) is 53.2 Å². The molecule has 0 spiro atoms. The van der Waals surface area contributed by atoms with E-state index in [2.05, 4.69) is 16.2 Å². The predicted octanol–water partition coefficient (Wildman–Crippen LogP) is 3.36. The number of rotatable bonds is 2. The largest absolute Gasteiger partial charge is 0.331 e. The van der Waals surface area contributed by atoms with Gasteiger partial charge in [0.25, 0.3) is 0 Å². The van der Waals surface area contributed by atoms with Gasteiger partial charge in [0.2, 0.25) is 5.91 Å². The molecule has 6 heteroatoms. The van der Waals surface area contributed by atoms with Crippen molar-refractivity contribution in [3.8, 4) is 0 Å². The molecule has 0 saturated heterocycles. The SMILES string of the molecule is O=C(NNC(=S)Nc1ccc(F)cc1)C12CC3CC(CC(C3)C1)C2. The molecule has 0 radical (unpaired) electrons. The third-order valence-electron chi connectivity index (χ3n) is 5.91. The van der Waals surface area contributed by atoms with Gasteiger partial charge in [0.1, 0.15) is 5.82 Å². The lowest BCUT2D eigenvalue weighted by Crippen LogP contribution is -2.57. The Kier molecular flexibility index (Phi) is 3.95. The van der Waals surface area contributed by atoms with E-state index in [1.54, 1.807) is 12.1 Å². The number of benzene rings is 1. The monoisotopic (exact) mass is 347 g/mol. The van der Waals surface area contributed by atoms with E-state index in [4.69, 9.17) is 12.2 Å². The van der Waals surface area contributed by atoms with Gasteiger partial charge in [-0.05, 0) is 92.8 Å². The summed E-state index contributed by atoms with van der Waals surface area (Å²) in [6.45, 7) is 0. The summed E-state index contributed by atoms with van der Waals surface area (Å²) in [4.78, 5) is 12.8. The first-order valence-corrected chi connectivity index (χ1v) is 9.06. The first kappa shape index (κ1) is 15.8. The van der Waals surface area contributed by atoms with Gasteiger partial charge in [-0.15, -0.1) is 0 Å². The molecule has 1 aromatic rings. The molecule has 4 bridgehead atoms. The summed E-state index contributed by atoms with van der Waals surface area (Å²) in [5.41, 5.74) is 6.08. The summed E-state index contributed by atoms with van der Waals surface area (Å²) in [5.74, 6) is 1.96. The second kappa shape index (κ2) is 5.99. The first-order chi connectivity index (χ1) is 11.5. The van der Waals surface area contributed by atoms with E-state index in [1.165, 1.54) is 31.4 Å². The molecule has 0 atom stereocenters. The summed E-state index contributed by atoms with van der Waals surface area (Å²) < 4.78 is 12.9. The fourth-order valence-corrected chi connectivity index (χ4v) is 5.50. The van der Waals surface area contributed by atoms with Crippen LogP contribution < -0.4 is 16.2 Å². The van der Waals surface area contributed by atoms with E-state index >= 15 is 0 Å². The Balaban J connectivity index is 1.33. The molecule has 0 heterocycles. The minimum absolute atomic E-state index is 0.0739. The average Bonchev–Trinajstić information content (AvgIpc) is 2.53. The zero-order chi connectivity index (χ0) is 16.7. The second-order valence-electron chi connectivity index (χ2n) is 7.74. The quantitative estimate of drug-likeness (QED) is 0.567. The molecular weight excluding hydrogens is 325 g/mol. The fraction of sp³-hybridized carbons (Fsp3) is 0.556. The molecule has 0 aliphatic heterocycles. The highest BCUT2D eigenvalue weighted by atomic mass is 32.1. The molecular formula is C18H22FN3OS. The van der Waals surface area contributed by atoms with E-state index in [0.29, 0.717) is 10.8 Å². The highest BCUT2D eigenvalue weighted by Crippen LogP contribution is 2.59. The standard InChI is InChI=1S/C18H22FN3OS/c19-14-1-3-15(4-2-14)20-17(24)22-21-16(23)18-8-11-5-12(9-18)7-13(6-11)10-18/h1-4,11-13H,5-10H2,(H,21,23)(H2,20,22,24). The smallest absolute Gasteiger partial charge is 0.244 e. The van der Waals surface area contributed by atoms with Gasteiger partial charge < -0.3 is 5.32 Å². The van der Waals surface area contributed by atoms with Crippen molar-refractivity contribution in [3.05, 3.63) is 30.1 Å². The molecule has 5 rings (SSSR count). The third-order valence-corrected chi connectivity index (χ3v) is 6.12. The molecule has 128 valence electrons. The molecule has 1 amide bonds. The lowest BCUT2D eigenvalue weighted by atomic mass is 9.49. The average molecular weight is 347 g/mol. The number of hydrogen-bond donors (Lipinski definition) is 3. The van der Waals surface area contributed by atoms with Crippen LogP contribution in [-0.2, 0) is 4.79 Å². The molecule has 4 fully saturated rings. The van der Waals surface area contributed by atoms with Gasteiger partial charge in [0, 0.05) is 5.69 Å². The summed E-state index contributed by atoms with van der Waals surface area (Å²) in [6, 6.07) is 5.92. The summed E-state index contributed by atoms with van der Waals surface area (Å²) in [7, 11) is 0. The molecule has 1 aromatic carbocycles. The van der Waals surface area contributed by atoms with Crippen LogP contribution in [-0.4, -0.2) is 11.0 Å². The van der Waals surface area contributed by atoms with Crippen molar-refractivity contribution < 1.29 is 9.18 Å². The molecule has 4 aliphatic carbocycles. The predicted molar refractivity (Wildman–Crippen MR) is 94.5 cm³/mol. The minimum Gasteiger partial charge on any atom is -0.331 e. The number of nitrogens with one attached hydrogen (secondary N) is 3. The van der Waals surface area contributed by atoms with Crippen molar-refractivity contribution in [1.82, 2.24) is 10.9 Å². The number of halogens is 1. The fourth-order valence-electron chi connectivity index (χ4n) is 5.33. The number of thiocarbonyl (C=S) groups is 1. The van der Waals surface area contributed by atoms with Crippen LogP contribution in [0.25, 0.3) is 0 Å². The van der Waals surface area contributed by atoms with Gasteiger partial charge in [-0.3, -0.25) is 15.6 Å².